The van der Waals surface area contributed by atoms with Gasteiger partial charge >= 0.3 is 5.69 Å². The topological polar surface area (TPSA) is 160 Å². The molecule has 0 fully saturated rings. The molecular formula is C16H13N4O7-. The van der Waals surface area contributed by atoms with Gasteiger partial charge in [0.25, 0.3) is 11.6 Å². The molecule has 0 aliphatic heterocycles. The van der Waals surface area contributed by atoms with E-state index in [1.807, 2.05) is 0 Å². The second kappa shape index (κ2) is 8.38. The van der Waals surface area contributed by atoms with Gasteiger partial charge in [0.15, 0.2) is 12.4 Å². The van der Waals surface area contributed by atoms with Crippen molar-refractivity contribution in [1.29, 1.82) is 0 Å². The molecule has 0 spiro atoms. The minimum atomic E-state index is -0.841. The van der Waals surface area contributed by atoms with Gasteiger partial charge in [0, 0.05) is 12.1 Å². The van der Waals surface area contributed by atoms with Gasteiger partial charge in [-0.15, -0.1) is 0 Å². The smallest absolute Gasteiger partial charge is 0.311 e. The molecular weight excluding hydrogens is 360 g/mol. The molecule has 2 rings (SSSR count). The average Bonchev–Trinajstić information content (AvgIpc) is 2.61. The number of nitro groups is 2. The van der Waals surface area contributed by atoms with Crippen LogP contribution in [0, 0.1) is 27.2 Å². The lowest BCUT2D eigenvalue weighted by Gasteiger charge is -2.09. The highest BCUT2D eigenvalue weighted by Gasteiger charge is 2.16. The summed E-state index contributed by atoms with van der Waals surface area (Å²) in [4.78, 5) is 31.9. The molecule has 0 radical (unpaired) electrons. The predicted octanol–water partition coefficient (Wildman–Crippen LogP) is 1.41. The summed E-state index contributed by atoms with van der Waals surface area (Å²) in [5.74, 6) is -1.66. The van der Waals surface area contributed by atoms with Gasteiger partial charge in [-0.1, -0.05) is 18.2 Å². The Kier molecular flexibility index (Phi) is 5.99. The predicted molar refractivity (Wildman–Crippen MR) is 91.6 cm³/mol. The zero-order valence-corrected chi connectivity index (χ0v) is 13.9. The van der Waals surface area contributed by atoms with Crippen LogP contribution < -0.4 is 15.3 Å². The van der Waals surface area contributed by atoms with Crippen molar-refractivity contribution in [1.82, 2.24) is 5.43 Å². The Bertz CT molecular complexity index is 927. The molecule has 2 aromatic rings. The van der Waals surface area contributed by atoms with Gasteiger partial charge in [-0.2, -0.15) is 5.10 Å². The van der Waals surface area contributed by atoms with Crippen molar-refractivity contribution in [2.24, 2.45) is 5.10 Å². The van der Waals surface area contributed by atoms with Crippen molar-refractivity contribution in [3.05, 3.63) is 67.8 Å². The quantitative estimate of drug-likeness (QED) is 0.436. The fraction of sp³-hybridized carbons (Fsp3) is 0.125. The Labute approximate surface area is 152 Å². The van der Waals surface area contributed by atoms with Crippen LogP contribution in [-0.4, -0.2) is 28.6 Å². The lowest BCUT2D eigenvalue weighted by molar-refractivity contribution is -0.398. The summed E-state index contributed by atoms with van der Waals surface area (Å²) in [6.45, 7) is 1.12. The number of hydrogen-bond donors (Lipinski definition) is 1. The maximum atomic E-state index is 11.8. The van der Waals surface area contributed by atoms with Crippen LogP contribution in [0.3, 0.4) is 0 Å². The minimum Gasteiger partial charge on any atom is -0.867 e. The number of rotatable bonds is 7. The number of nitrogens with one attached hydrogen (secondary N) is 1. The van der Waals surface area contributed by atoms with E-state index in [0.717, 1.165) is 12.3 Å². The SMILES string of the molecule is Cc1ccc(OCC(=O)N/N=C/c2cccc([N+](=O)[O-])c2[O-])c([N+](=O)[O-])c1. The summed E-state index contributed by atoms with van der Waals surface area (Å²) < 4.78 is 5.11. The molecule has 0 saturated heterocycles. The molecule has 0 aromatic heterocycles. The second-order valence-corrected chi connectivity index (χ2v) is 5.26. The second-order valence-electron chi connectivity index (χ2n) is 5.26. The Morgan fingerprint density at radius 1 is 1.19 bits per heavy atom. The van der Waals surface area contributed by atoms with E-state index in [0.29, 0.717) is 5.56 Å². The Morgan fingerprint density at radius 2 is 1.89 bits per heavy atom. The number of nitro benzene ring substituents is 2. The molecule has 0 heterocycles. The van der Waals surface area contributed by atoms with Crippen LogP contribution in [0.1, 0.15) is 11.1 Å². The normalized spacial score (nSPS) is 10.6. The van der Waals surface area contributed by atoms with Gasteiger partial charge in [0.1, 0.15) is 0 Å². The van der Waals surface area contributed by atoms with Gasteiger partial charge in [-0.25, -0.2) is 5.43 Å². The number of hydrogen-bond acceptors (Lipinski definition) is 8. The molecule has 27 heavy (non-hydrogen) atoms. The number of carbonyl (C=O) groups excluding carboxylic acids is 1. The fourth-order valence-corrected chi connectivity index (χ4v) is 2.03. The van der Waals surface area contributed by atoms with E-state index in [4.69, 9.17) is 4.74 Å². The molecule has 1 N–H and O–H groups in total. The minimum absolute atomic E-state index is 0.0785. The zero-order chi connectivity index (χ0) is 20.0. The lowest BCUT2D eigenvalue weighted by Crippen LogP contribution is -2.24. The highest BCUT2D eigenvalue weighted by molar-refractivity contribution is 5.86. The van der Waals surface area contributed by atoms with Crippen molar-refractivity contribution in [2.75, 3.05) is 6.61 Å². The van der Waals surface area contributed by atoms with Crippen LogP contribution in [0.2, 0.25) is 0 Å². The van der Waals surface area contributed by atoms with Crippen molar-refractivity contribution >= 4 is 23.5 Å². The number of ether oxygens (including phenoxy) is 1. The lowest BCUT2D eigenvalue weighted by atomic mass is 10.2. The summed E-state index contributed by atoms with van der Waals surface area (Å²) in [5.41, 5.74) is 1.75. The fourth-order valence-electron chi connectivity index (χ4n) is 2.03. The van der Waals surface area contributed by atoms with Gasteiger partial charge in [0.2, 0.25) is 0 Å². The Morgan fingerprint density at radius 3 is 2.56 bits per heavy atom. The number of benzene rings is 2. The van der Waals surface area contributed by atoms with Crippen LogP contribution in [0.25, 0.3) is 0 Å². The average molecular weight is 373 g/mol. The molecule has 0 saturated carbocycles. The molecule has 2 aromatic carbocycles. The highest BCUT2D eigenvalue weighted by atomic mass is 16.6. The standard InChI is InChI=1S/C16H14N4O7/c1-10-5-6-14(13(7-10)20(25)26)27-9-15(21)18-17-8-11-3-2-4-12(16(11)22)19(23)24/h2-8,22H,9H2,1H3,(H,18,21)/p-1/b17-8+. The molecule has 140 valence electrons. The van der Waals surface area contributed by atoms with E-state index in [9.17, 15) is 30.1 Å². The maximum Gasteiger partial charge on any atom is 0.311 e. The number of hydrazone groups is 1. The molecule has 0 aliphatic carbocycles. The Hall–Kier alpha value is -4.02. The molecule has 11 nitrogen and oxygen atoms in total. The monoisotopic (exact) mass is 373 g/mol. The van der Waals surface area contributed by atoms with Gasteiger partial charge in [0.05, 0.1) is 16.1 Å². The van der Waals surface area contributed by atoms with Crippen LogP contribution >= 0.6 is 0 Å². The van der Waals surface area contributed by atoms with E-state index in [1.165, 1.54) is 24.3 Å². The highest BCUT2D eigenvalue weighted by Crippen LogP contribution is 2.27. The van der Waals surface area contributed by atoms with Gasteiger partial charge < -0.3 is 9.84 Å². The van der Waals surface area contributed by atoms with Crippen LogP contribution in [0.5, 0.6) is 11.5 Å². The first-order valence-electron chi connectivity index (χ1n) is 7.43. The van der Waals surface area contributed by atoms with Crippen molar-refractivity contribution in [3.63, 3.8) is 0 Å². The maximum absolute atomic E-state index is 11.8. The molecule has 11 heteroatoms. The molecule has 0 unspecified atom stereocenters. The first-order chi connectivity index (χ1) is 12.8. The van der Waals surface area contributed by atoms with E-state index < -0.39 is 33.8 Å². The van der Waals surface area contributed by atoms with Crippen LogP contribution in [0.4, 0.5) is 11.4 Å². The van der Waals surface area contributed by atoms with E-state index >= 15 is 0 Å². The summed E-state index contributed by atoms with van der Waals surface area (Å²) in [7, 11) is 0. The third-order valence-corrected chi connectivity index (χ3v) is 3.28. The van der Waals surface area contributed by atoms with Gasteiger partial charge in [-0.3, -0.25) is 25.0 Å². The van der Waals surface area contributed by atoms with Crippen molar-refractivity contribution in [2.45, 2.75) is 6.92 Å². The third-order valence-electron chi connectivity index (χ3n) is 3.28. The van der Waals surface area contributed by atoms with Crippen LogP contribution in [-0.2, 0) is 4.79 Å². The summed E-state index contributed by atoms with van der Waals surface area (Å²) in [6.07, 6.45) is 0.960. The number of aryl methyl sites for hydroxylation is 1. The summed E-state index contributed by atoms with van der Waals surface area (Å²) >= 11 is 0. The third kappa shape index (κ3) is 4.98. The van der Waals surface area contributed by atoms with E-state index in [-0.39, 0.29) is 17.0 Å². The number of para-hydroxylation sites is 1. The molecule has 0 aliphatic rings. The molecule has 0 bridgehead atoms. The van der Waals surface area contributed by atoms with Gasteiger partial charge in [-0.05, 0) is 29.9 Å². The van der Waals surface area contributed by atoms with Crippen molar-refractivity contribution < 1.29 is 24.5 Å². The van der Waals surface area contributed by atoms with E-state index in [2.05, 4.69) is 10.5 Å². The number of amides is 1. The number of nitrogens with zero attached hydrogens (tertiary/aromatic N) is 3. The first kappa shape index (κ1) is 19.3. The van der Waals surface area contributed by atoms with E-state index in [1.54, 1.807) is 13.0 Å². The zero-order valence-electron chi connectivity index (χ0n) is 13.9. The van der Waals surface area contributed by atoms with Crippen molar-refractivity contribution in [3.8, 4) is 11.5 Å². The number of carbonyl (C=O) groups is 1. The van der Waals surface area contributed by atoms with Crippen LogP contribution in [0.15, 0.2) is 41.5 Å². The molecule has 0 atom stereocenters. The first-order valence-corrected chi connectivity index (χ1v) is 7.43. The molecule has 1 amide bonds. The summed E-state index contributed by atoms with van der Waals surface area (Å²) in [6, 6.07) is 7.94. The largest absolute Gasteiger partial charge is 0.867 e. The Balaban J connectivity index is 1.98. The summed E-state index contributed by atoms with van der Waals surface area (Å²) in [5, 5.41) is 37.0.